The first-order valence-corrected chi connectivity index (χ1v) is 11.5. The van der Waals surface area contributed by atoms with Crippen molar-refractivity contribution >= 4 is 8.46 Å². The van der Waals surface area contributed by atoms with E-state index in [2.05, 4.69) is 20.8 Å². The van der Waals surface area contributed by atoms with Crippen molar-refractivity contribution in [2.24, 2.45) is 5.92 Å². The van der Waals surface area contributed by atoms with Gasteiger partial charge in [-0.2, -0.15) is 0 Å². The molecule has 0 aromatic carbocycles. The summed E-state index contributed by atoms with van der Waals surface area (Å²) in [7, 11) is 0.352. The van der Waals surface area contributed by atoms with E-state index in [-0.39, 0.29) is 0 Å². The van der Waals surface area contributed by atoms with E-state index in [1.54, 1.807) is 0 Å². The third-order valence-electron chi connectivity index (χ3n) is 5.22. The normalized spacial score (nSPS) is 14.2. The van der Waals surface area contributed by atoms with E-state index >= 15 is 0 Å². The van der Waals surface area contributed by atoms with Gasteiger partial charge in [0.25, 0.3) is 0 Å². The lowest BCUT2D eigenvalue weighted by Gasteiger charge is -2.15. The van der Waals surface area contributed by atoms with Gasteiger partial charge in [-0.1, -0.05) is 111 Å². The Labute approximate surface area is 148 Å². The van der Waals surface area contributed by atoms with Crippen molar-refractivity contribution in [3.8, 4) is 0 Å². The van der Waals surface area contributed by atoms with Crippen molar-refractivity contribution in [2.45, 2.75) is 129 Å². The summed E-state index contributed by atoms with van der Waals surface area (Å²) >= 11 is 0. The molecule has 2 atom stereocenters. The molecule has 0 bridgehead atoms. The van der Waals surface area contributed by atoms with Crippen LogP contribution in [0.2, 0.25) is 0 Å². The Bertz CT molecular complexity index is 242. The van der Waals surface area contributed by atoms with Gasteiger partial charge in [-0.05, 0) is 18.8 Å². The molecule has 0 saturated carbocycles. The predicted octanol–water partition coefficient (Wildman–Crippen LogP) is 8.56. The molecule has 23 heavy (non-hydrogen) atoms. The molecule has 0 aliphatic rings. The third kappa shape index (κ3) is 15.4. The Balaban J connectivity index is 3.17. The molecule has 0 fully saturated rings. The third-order valence-corrected chi connectivity index (χ3v) is 6.37. The van der Waals surface area contributed by atoms with Gasteiger partial charge >= 0.3 is 0 Å². The number of hydrogen-bond donors (Lipinski definition) is 0. The number of rotatable bonds is 18. The van der Waals surface area contributed by atoms with Gasteiger partial charge in [-0.15, -0.1) is 0 Å². The Hall–Kier alpha value is 0.100. The molecule has 0 spiro atoms. The van der Waals surface area contributed by atoms with E-state index in [0.717, 1.165) is 6.42 Å². The molecule has 0 heterocycles. The summed E-state index contributed by atoms with van der Waals surface area (Å²) < 4.78 is 11.0. The fourth-order valence-corrected chi connectivity index (χ4v) is 3.94. The standard InChI is InChI=1S/C21H43OP/c1-4-6-7-8-9-10-11-12-13-14-15-16-17-18-19-20(3)21(5-2)23-22/h20-21H,4-19H2,1-3H3. The van der Waals surface area contributed by atoms with Crippen LogP contribution in [0.15, 0.2) is 0 Å². The highest BCUT2D eigenvalue weighted by Gasteiger charge is 2.14. The van der Waals surface area contributed by atoms with Crippen LogP contribution >= 0.6 is 8.46 Å². The van der Waals surface area contributed by atoms with E-state index in [0.29, 0.717) is 20.0 Å². The minimum Gasteiger partial charge on any atom is -0.275 e. The zero-order valence-electron chi connectivity index (χ0n) is 16.3. The summed E-state index contributed by atoms with van der Waals surface area (Å²) in [4.78, 5) is 0. The summed E-state index contributed by atoms with van der Waals surface area (Å²) in [6.07, 6.45) is 22.2. The van der Waals surface area contributed by atoms with Gasteiger partial charge in [0.15, 0.2) is 8.46 Å². The maximum absolute atomic E-state index is 11.0. The molecular formula is C21H43OP. The SMILES string of the molecule is CCCCCCCCCCCCCCCCC(C)C(CC)P=O. The molecule has 0 aromatic rings. The Morgan fingerprint density at radius 3 is 1.39 bits per heavy atom. The van der Waals surface area contributed by atoms with Crippen LogP contribution in [0.4, 0.5) is 0 Å². The summed E-state index contributed by atoms with van der Waals surface area (Å²) in [5, 5.41) is 0. The Morgan fingerprint density at radius 2 is 1.04 bits per heavy atom. The second-order valence-electron chi connectivity index (χ2n) is 7.44. The summed E-state index contributed by atoms with van der Waals surface area (Å²) in [6, 6.07) is 0. The molecule has 0 aliphatic carbocycles. The van der Waals surface area contributed by atoms with Gasteiger partial charge in [0.05, 0.1) is 0 Å². The van der Waals surface area contributed by atoms with E-state index in [1.165, 1.54) is 96.3 Å². The van der Waals surface area contributed by atoms with Gasteiger partial charge in [0.1, 0.15) is 0 Å². The Kier molecular flexibility index (Phi) is 18.5. The molecule has 2 heteroatoms. The highest BCUT2D eigenvalue weighted by Crippen LogP contribution is 2.25. The molecule has 0 aliphatic heterocycles. The van der Waals surface area contributed by atoms with E-state index < -0.39 is 0 Å². The van der Waals surface area contributed by atoms with Crippen LogP contribution in [0.5, 0.6) is 0 Å². The summed E-state index contributed by atoms with van der Waals surface area (Å²) in [5.41, 5.74) is 0.386. The van der Waals surface area contributed by atoms with Crippen molar-refractivity contribution in [3.63, 3.8) is 0 Å². The van der Waals surface area contributed by atoms with Crippen LogP contribution in [0, 0.1) is 5.92 Å². The second-order valence-corrected chi connectivity index (χ2v) is 8.32. The number of unbranched alkanes of at least 4 members (excludes halogenated alkanes) is 13. The molecule has 0 saturated heterocycles. The molecule has 0 aromatic heterocycles. The van der Waals surface area contributed by atoms with Crippen molar-refractivity contribution in [2.75, 3.05) is 0 Å². The average molecular weight is 343 g/mol. The van der Waals surface area contributed by atoms with Crippen LogP contribution in [-0.4, -0.2) is 5.66 Å². The first-order chi connectivity index (χ1) is 11.3. The highest BCUT2D eigenvalue weighted by atomic mass is 31.1. The zero-order chi connectivity index (χ0) is 17.2. The largest absolute Gasteiger partial charge is 0.275 e. The predicted molar refractivity (Wildman–Crippen MR) is 106 cm³/mol. The minimum absolute atomic E-state index is 0.352. The van der Waals surface area contributed by atoms with Crippen molar-refractivity contribution < 1.29 is 4.57 Å². The first kappa shape index (κ1) is 23.1. The molecule has 138 valence electrons. The van der Waals surface area contributed by atoms with Crippen molar-refractivity contribution in [1.29, 1.82) is 0 Å². The lowest BCUT2D eigenvalue weighted by molar-refractivity contribution is 0.449. The monoisotopic (exact) mass is 342 g/mol. The summed E-state index contributed by atoms with van der Waals surface area (Å²) in [5.74, 6) is 0.622. The van der Waals surface area contributed by atoms with E-state index in [1.807, 2.05) is 0 Å². The van der Waals surface area contributed by atoms with Crippen LogP contribution in [-0.2, 0) is 4.57 Å². The van der Waals surface area contributed by atoms with Crippen molar-refractivity contribution in [3.05, 3.63) is 0 Å². The molecule has 2 unspecified atom stereocenters. The van der Waals surface area contributed by atoms with Gasteiger partial charge in [0.2, 0.25) is 0 Å². The number of hydrogen-bond acceptors (Lipinski definition) is 1. The fraction of sp³-hybridized carbons (Fsp3) is 1.00. The molecule has 0 N–H and O–H groups in total. The van der Waals surface area contributed by atoms with Gasteiger partial charge in [-0.3, -0.25) is 4.57 Å². The minimum atomic E-state index is 0.352. The molecule has 1 nitrogen and oxygen atoms in total. The highest BCUT2D eigenvalue weighted by molar-refractivity contribution is 7.24. The first-order valence-electron chi connectivity index (χ1n) is 10.6. The maximum Gasteiger partial charge on any atom is 0.158 e. The van der Waals surface area contributed by atoms with Gasteiger partial charge in [0, 0.05) is 5.66 Å². The summed E-state index contributed by atoms with van der Waals surface area (Å²) in [6.45, 7) is 6.70. The Morgan fingerprint density at radius 1 is 0.652 bits per heavy atom. The smallest absolute Gasteiger partial charge is 0.158 e. The lowest BCUT2D eigenvalue weighted by Crippen LogP contribution is -2.10. The lowest BCUT2D eigenvalue weighted by atomic mass is 9.97. The second kappa shape index (κ2) is 18.4. The van der Waals surface area contributed by atoms with Crippen molar-refractivity contribution in [1.82, 2.24) is 0 Å². The van der Waals surface area contributed by atoms with Crippen LogP contribution < -0.4 is 0 Å². The maximum atomic E-state index is 11.0. The molecule has 0 amide bonds. The van der Waals surface area contributed by atoms with Crippen LogP contribution in [0.25, 0.3) is 0 Å². The fourth-order valence-electron chi connectivity index (χ4n) is 3.43. The van der Waals surface area contributed by atoms with E-state index in [9.17, 15) is 4.57 Å². The quantitative estimate of drug-likeness (QED) is 0.180. The van der Waals surface area contributed by atoms with Gasteiger partial charge in [-0.25, -0.2) is 0 Å². The topological polar surface area (TPSA) is 17.1 Å². The van der Waals surface area contributed by atoms with Gasteiger partial charge < -0.3 is 0 Å². The average Bonchev–Trinajstić information content (AvgIpc) is 2.56. The molecular weight excluding hydrogens is 299 g/mol. The van der Waals surface area contributed by atoms with Crippen LogP contribution in [0.3, 0.4) is 0 Å². The van der Waals surface area contributed by atoms with E-state index in [4.69, 9.17) is 0 Å². The molecule has 0 radical (unpaired) electrons. The molecule has 0 rings (SSSR count). The van der Waals surface area contributed by atoms with Crippen LogP contribution in [0.1, 0.15) is 124 Å². The zero-order valence-corrected chi connectivity index (χ0v) is 17.2.